The first-order chi connectivity index (χ1) is 16.4. The van der Waals surface area contributed by atoms with E-state index in [0.717, 1.165) is 0 Å². The van der Waals surface area contributed by atoms with Gasteiger partial charge in [0, 0.05) is 0 Å². The second-order valence-corrected chi connectivity index (χ2v) is 7.36. The van der Waals surface area contributed by atoms with Crippen molar-refractivity contribution >= 4 is 24.1 Å². The zero-order valence-corrected chi connectivity index (χ0v) is 18.7. The van der Waals surface area contributed by atoms with Gasteiger partial charge in [0.05, 0.1) is 0 Å². The van der Waals surface area contributed by atoms with E-state index in [1.807, 2.05) is 0 Å². The van der Waals surface area contributed by atoms with Crippen molar-refractivity contribution in [3.05, 3.63) is 71.8 Å². The van der Waals surface area contributed by atoms with Gasteiger partial charge in [0.15, 0.2) is 0 Å². The first-order valence-corrected chi connectivity index (χ1v) is 10.8. The monoisotopic (exact) mass is 471 g/mol. The molecule has 0 heterocycles. The van der Waals surface area contributed by atoms with Crippen LogP contribution in [0.4, 0.5) is 9.59 Å². The molecule has 2 rings (SSSR count). The van der Waals surface area contributed by atoms with Crippen LogP contribution in [0, 0.1) is 0 Å². The Balaban J connectivity index is 2.22. The molecule has 0 aromatic heterocycles. The number of imide groups is 1. The summed E-state index contributed by atoms with van der Waals surface area (Å²) < 4.78 is 10.6. The Kier molecular flexibility index (Phi) is 11.1. The lowest BCUT2D eigenvalue weighted by Crippen LogP contribution is -2.53. The maximum absolute atomic E-state index is 13.0. The summed E-state index contributed by atoms with van der Waals surface area (Å²) in [5.74, 6) is -2.08. The number of carbonyl (C=O) groups excluding carboxylic acids is 3. The number of unbranched alkanes of at least 4 members (excludes halogenated alkanes) is 1. The summed E-state index contributed by atoms with van der Waals surface area (Å²) in [5.41, 5.74) is 6.90. The van der Waals surface area contributed by atoms with E-state index in [9.17, 15) is 19.2 Å². The van der Waals surface area contributed by atoms with E-state index >= 15 is 0 Å². The van der Waals surface area contributed by atoms with Crippen LogP contribution in [0.15, 0.2) is 60.7 Å². The van der Waals surface area contributed by atoms with Crippen LogP contribution < -0.4 is 11.1 Å². The number of aliphatic carboxylic acids is 1. The molecule has 0 saturated carbocycles. The van der Waals surface area contributed by atoms with Crippen LogP contribution >= 0.6 is 0 Å². The van der Waals surface area contributed by atoms with Gasteiger partial charge in [-0.3, -0.25) is 9.59 Å². The summed E-state index contributed by atoms with van der Waals surface area (Å²) in [6, 6.07) is 16.3. The Bertz CT molecular complexity index is 883. The SMILES string of the molecule is NCCCC[C@@H](C(=O)NCC(=O)O)N(C(=O)OCc1ccccc1)C(=O)OCc1ccccc1. The number of rotatable bonds is 12. The fraction of sp³-hybridized carbons (Fsp3) is 0.333. The zero-order chi connectivity index (χ0) is 24.8. The molecule has 0 fully saturated rings. The van der Waals surface area contributed by atoms with Crippen molar-refractivity contribution in [2.24, 2.45) is 5.73 Å². The molecule has 1 atom stereocenters. The van der Waals surface area contributed by atoms with Crippen LogP contribution in [0.25, 0.3) is 0 Å². The highest BCUT2D eigenvalue weighted by molar-refractivity contribution is 5.96. The number of nitrogens with zero attached hydrogens (tertiary/aromatic N) is 1. The molecule has 4 N–H and O–H groups in total. The van der Waals surface area contributed by atoms with Crippen molar-refractivity contribution in [2.45, 2.75) is 38.5 Å². The van der Waals surface area contributed by atoms with Crippen molar-refractivity contribution in [3.8, 4) is 0 Å². The van der Waals surface area contributed by atoms with Crippen molar-refractivity contribution in [1.29, 1.82) is 0 Å². The predicted molar refractivity (Wildman–Crippen MR) is 122 cm³/mol. The fourth-order valence-corrected chi connectivity index (χ4v) is 3.05. The van der Waals surface area contributed by atoms with Crippen LogP contribution in [-0.4, -0.2) is 53.2 Å². The Morgan fingerprint density at radius 2 is 1.35 bits per heavy atom. The van der Waals surface area contributed by atoms with Crippen LogP contribution in [-0.2, 0) is 32.3 Å². The molecular formula is C24H29N3O7. The lowest BCUT2D eigenvalue weighted by atomic mass is 10.1. The molecular weight excluding hydrogens is 442 g/mol. The van der Waals surface area contributed by atoms with Gasteiger partial charge in [-0.25, -0.2) is 9.59 Å². The average molecular weight is 472 g/mol. The number of benzene rings is 2. The molecule has 0 aliphatic heterocycles. The molecule has 182 valence electrons. The van der Waals surface area contributed by atoms with E-state index in [4.69, 9.17) is 20.3 Å². The number of ether oxygens (including phenoxy) is 2. The van der Waals surface area contributed by atoms with E-state index in [-0.39, 0.29) is 19.6 Å². The lowest BCUT2D eigenvalue weighted by molar-refractivity contribution is -0.138. The third-order valence-corrected chi connectivity index (χ3v) is 4.76. The third-order valence-electron chi connectivity index (χ3n) is 4.76. The summed E-state index contributed by atoms with van der Waals surface area (Å²) in [7, 11) is 0. The Morgan fingerprint density at radius 1 is 0.853 bits per heavy atom. The smallest absolute Gasteiger partial charge is 0.420 e. The molecule has 3 amide bonds. The maximum Gasteiger partial charge on any atom is 0.420 e. The topological polar surface area (TPSA) is 148 Å². The highest BCUT2D eigenvalue weighted by atomic mass is 16.6. The zero-order valence-electron chi connectivity index (χ0n) is 18.7. The quantitative estimate of drug-likeness (QED) is 0.400. The number of carbonyl (C=O) groups is 4. The van der Waals surface area contributed by atoms with Crippen LogP contribution in [0.1, 0.15) is 30.4 Å². The minimum Gasteiger partial charge on any atom is -0.480 e. The van der Waals surface area contributed by atoms with Crippen LogP contribution in [0.2, 0.25) is 0 Å². The van der Waals surface area contributed by atoms with Crippen molar-refractivity contribution in [1.82, 2.24) is 10.2 Å². The fourth-order valence-electron chi connectivity index (χ4n) is 3.05. The highest BCUT2D eigenvalue weighted by Gasteiger charge is 2.37. The summed E-state index contributed by atoms with van der Waals surface area (Å²) in [6.07, 6.45) is -1.15. The van der Waals surface area contributed by atoms with E-state index in [0.29, 0.717) is 35.4 Å². The highest BCUT2D eigenvalue weighted by Crippen LogP contribution is 2.16. The molecule has 10 heteroatoms. The summed E-state index contributed by atoms with van der Waals surface area (Å²) in [5, 5.41) is 11.1. The minimum atomic E-state index is -1.34. The van der Waals surface area contributed by atoms with Gasteiger partial charge in [0.1, 0.15) is 25.8 Å². The van der Waals surface area contributed by atoms with Gasteiger partial charge in [0.25, 0.3) is 0 Å². The normalized spacial score (nSPS) is 11.2. The number of carboxylic acid groups (broad SMARTS) is 1. The molecule has 0 radical (unpaired) electrons. The summed E-state index contributed by atoms with van der Waals surface area (Å²) >= 11 is 0. The molecule has 0 spiro atoms. The first kappa shape index (κ1) is 26.3. The van der Waals surface area contributed by atoms with Gasteiger partial charge in [-0.05, 0) is 36.9 Å². The number of hydrogen-bond donors (Lipinski definition) is 3. The molecule has 0 bridgehead atoms. The van der Waals surface area contributed by atoms with Crippen LogP contribution in [0.5, 0.6) is 0 Å². The summed E-state index contributed by atoms with van der Waals surface area (Å²) in [6.45, 7) is -0.582. The van der Waals surface area contributed by atoms with Crippen molar-refractivity contribution < 1.29 is 33.8 Å². The Morgan fingerprint density at radius 3 is 1.79 bits per heavy atom. The van der Waals surface area contributed by atoms with E-state index < -0.39 is 36.6 Å². The molecule has 34 heavy (non-hydrogen) atoms. The lowest BCUT2D eigenvalue weighted by Gasteiger charge is -2.28. The molecule has 2 aromatic rings. The van der Waals surface area contributed by atoms with Gasteiger partial charge < -0.3 is 25.6 Å². The molecule has 0 saturated heterocycles. The molecule has 0 aliphatic rings. The largest absolute Gasteiger partial charge is 0.480 e. The second kappa shape index (κ2) is 14.3. The maximum atomic E-state index is 13.0. The number of hydrogen-bond acceptors (Lipinski definition) is 7. The third kappa shape index (κ3) is 8.91. The predicted octanol–water partition coefficient (Wildman–Crippen LogP) is 2.66. The minimum absolute atomic E-state index is 0.0591. The first-order valence-electron chi connectivity index (χ1n) is 10.8. The Labute approximate surface area is 197 Å². The number of carboxylic acids is 1. The molecule has 10 nitrogen and oxygen atoms in total. The Hall–Kier alpha value is -3.92. The molecule has 2 aromatic carbocycles. The molecule has 0 aliphatic carbocycles. The van der Waals surface area contributed by atoms with Gasteiger partial charge in [0.2, 0.25) is 5.91 Å². The van der Waals surface area contributed by atoms with E-state index in [1.54, 1.807) is 60.7 Å². The molecule has 0 unspecified atom stereocenters. The number of nitrogens with one attached hydrogen (secondary N) is 1. The van der Waals surface area contributed by atoms with Gasteiger partial charge >= 0.3 is 18.2 Å². The number of amides is 3. The standard InChI is InChI=1S/C24H29N3O7/c25-14-8-7-13-20(22(30)26-15-21(28)29)27(23(31)33-16-18-9-3-1-4-10-18)24(32)34-17-19-11-5-2-6-12-19/h1-6,9-12,20H,7-8,13-17,25H2,(H,26,30)(H,28,29)/t20-/m0/s1. The van der Waals surface area contributed by atoms with Crippen molar-refractivity contribution in [2.75, 3.05) is 13.1 Å². The van der Waals surface area contributed by atoms with Gasteiger partial charge in [-0.1, -0.05) is 60.7 Å². The van der Waals surface area contributed by atoms with E-state index in [2.05, 4.69) is 5.32 Å². The van der Waals surface area contributed by atoms with E-state index in [1.165, 1.54) is 0 Å². The summed E-state index contributed by atoms with van der Waals surface area (Å²) in [4.78, 5) is 50.2. The second-order valence-electron chi connectivity index (χ2n) is 7.36. The van der Waals surface area contributed by atoms with Crippen molar-refractivity contribution in [3.63, 3.8) is 0 Å². The average Bonchev–Trinajstić information content (AvgIpc) is 2.85. The van der Waals surface area contributed by atoms with Gasteiger partial charge in [-0.2, -0.15) is 4.90 Å². The van der Waals surface area contributed by atoms with Crippen LogP contribution in [0.3, 0.4) is 0 Å². The number of nitrogens with two attached hydrogens (primary N) is 1. The van der Waals surface area contributed by atoms with Gasteiger partial charge in [-0.15, -0.1) is 0 Å².